The Balaban J connectivity index is 0.00000200. The van der Waals surface area contributed by atoms with Crippen LogP contribution in [0.1, 0.15) is 18.9 Å². The molecule has 0 bridgehead atoms. The van der Waals surface area contributed by atoms with Gasteiger partial charge in [-0.2, -0.15) is 0 Å². The topological polar surface area (TPSA) is 32.3 Å². The van der Waals surface area contributed by atoms with Gasteiger partial charge in [-0.3, -0.25) is 4.79 Å². The summed E-state index contributed by atoms with van der Waals surface area (Å²) in [6, 6.07) is 6.68. The number of hydrogen-bond donors (Lipinski definition) is 1. The number of benzene rings is 1. The second kappa shape index (κ2) is 8.22. The van der Waals surface area contributed by atoms with Gasteiger partial charge in [0.25, 0.3) is 0 Å². The number of hydrogen-bond acceptors (Lipinski definition) is 2. The number of nitrogens with zero attached hydrogens (tertiary/aromatic N) is 1. The van der Waals surface area contributed by atoms with Crippen molar-refractivity contribution in [3.05, 3.63) is 35.6 Å². The lowest BCUT2D eigenvalue weighted by atomic mass is 9.99. The highest BCUT2D eigenvalue weighted by Gasteiger charge is 2.22. The minimum atomic E-state index is -0.223. The van der Waals surface area contributed by atoms with E-state index in [-0.39, 0.29) is 30.0 Å². The number of amides is 1. The Morgan fingerprint density at radius 2 is 2.10 bits per heavy atom. The van der Waals surface area contributed by atoms with Crippen LogP contribution in [0.2, 0.25) is 0 Å². The van der Waals surface area contributed by atoms with Crippen LogP contribution >= 0.6 is 12.4 Å². The molecule has 1 fully saturated rings. The van der Waals surface area contributed by atoms with E-state index >= 15 is 0 Å². The first-order valence-corrected chi connectivity index (χ1v) is 6.91. The predicted molar refractivity (Wildman–Crippen MR) is 80.6 cm³/mol. The molecule has 1 unspecified atom stereocenters. The Morgan fingerprint density at radius 3 is 2.85 bits per heavy atom. The zero-order valence-corrected chi connectivity index (χ0v) is 12.6. The maximum atomic E-state index is 13.6. The van der Waals surface area contributed by atoms with Crippen molar-refractivity contribution in [1.29, 1.82) is 0 Å². The lowest BCUT2D eigenvalue weighted by Gasteiger charge is -2.24. The average Bonchev–Trinajstić information content (AvgIpc) is 2.69. The quantitative estimate of drug-likeness (QED) is 0.928. The average molecular weight is 301 g/mol. The van der Waals surface area contributed by atoms with Gasteiger partial charge in [-0.15, -0.1) is 12.4 Å². The normalized spacial score (nSPS) is 17.0. The molecule has 2 rings (SSSR count). The second-order valence-electron chi connectivity index (χ2n) is 5.13. The van der Waals surface area contributed by atoms with Crippen molar-refractivity contribution in [3.63, 3.8) is 0 Å². The molecular weight excluding hydrogens is 279 g/mol. The zero-order valence-electron chi connectivity index (χ0n) is 11.8. The fourth-order valence-electron chi connectivity index (χ4n) is 2.46. The first-order valence-electron chi connectivity index (χ1n) is 6.91. The van der Waals surface area contributed by atoms with Gasteiger partial charge in [0, 0.05) is 25.6 Å². The molecule has 1 saturated heterocycles. The molecule has 20 heavy (non-hydrogen) atoms. The Labute approximate surface area is 125 Å². The molecule has 3 nitrogen and oxygen atoms in total. The molecule has 0 saturated carbocycles. The zero-order chi connectivity index (χ0) is 13.7. The summed E-state index contributed by atoms with van der Waals surface area (Å²) >= 11 is 0. The summed E-state index contributed by atoms with van der Waals surface area (Å²) in [5.41, 5.74) is 0.622. The van der Waals surface area contributed by atoms with E-state index < -0.39 is 0 Å². The van der Waals surface area contributed by atoms with Crippen molar-refractivity contribution in [2.45, 2.75) is 19.8 Å². The van der Waals surface area contributed by atoms with Crippen molar-refractivity contribution < 1.29 is 9.18 Å². The van der Waals surface area contributed by atoms with Crippen LogP contribution in [0.3, 0.4) is 0 Å². The van der Waals surface area contributed by atoms with Crippen LogP contribution in [0.4, 0.5) is 4.39 Å². The molecule has 1 N–H and O–H groups in total. The molecule has 1 aliphatic heterocycles. The molecular formula is C15H22ClFN2O. The third-order valence-electron chi connectivity index (χ3n) is 3.56. The standard InChI is InChI=1S/C15H21FN2O.ClH/c1-12(11-13-5-2-3-6-14(13)16)15(19)18-9-4-7-17-8-10-18;/h2-3,5-6,12,17H,4,7-11H2,1H3;1H. The number of nitrogens with one attached hydrogen (secondary N) is 1. The van der Waals surface area contributed by atoms with Crippen LogP contribution in [-0.4, -0.2) is 37.0 Å². The molecule has 1 aromatic carbocycles. The molecule has 1 aromatic rings. The highest BCUT2D eigenvalue weighted by molar-refractivity contribution is 5.85. The third kappa shape index (κ3) is 4.46. The van der Waals surface area contributed by atoms with Gasteiger partial charge in [0.15, 0.2) is 0 Å². The predicted octanol–water partition coefficient (Wildman–Crippen LogP) is 2.25. The third-order valence-corrected chi connectivity index (χ3v) is 3.56. The fraction of sp³-hybridized carbons (Fsp3) is 0.533. The molecule has 112 valence electrons. The molecule has 0 aliphatic carbocycles. The lowest BCUT2D eigenvalue weighted by Crippen LogP contribution is -2.38. The minimum absolute atomic E-state index is 0. The fourth-order valence-corrected chi connectivity index (χ4v) is 2.46. The summed E-state index contributed by atoms with van der Waals surface area (Å²) in [4.78, 5) is 14.2. The first kappa shape index (κ1) is 16.9. The van der Waals surface area contributed by atoms with Crippen molar-refractivity contribution in [2.24, 2.45) is 5.92 Å². The molecule has 0 aromatic heterocycles. The smallest absolute Gasteiger partial charge is 0.225 e. The number of rotatable bonds is 3. The molecule has 1 heterocycles. The Hall–Kier alpha value is -1.13. The van der Waals surface area contributed by atoms with Gasteiger partial charge in [-0.05, 0) is 31.0 Å². The van der Waals surface area contributed by atoms with Crippen LogP contribution in [0.5, 0.6) is 0 Å². The van der Waals surface area contributed by atoms with Gasteiger partial charge in [0.05, 0.1) is 0 Å². The van der Waals surface area contributed by atoms with Gasteiger partial charge >= 0.3 is 0 Å². The SMILES string of the molecule is CC(Cc1ccccc1F)C(=O)N1CCCNCC1.Cl. The molecule has 1 atom stereocenters. The van der Waals surface area contributed by atoms with E-state index in [1.165, 1.54) is 6.07 Å². The molecule has 1 aliphatic rings. The van der Waals surface area contributed by atoms with E-state index in [2.05, 4.69) is 5.32 Å². The van der Waals surface area contributed by atoms with E-state index in [0.29, 0.717) is 12.0 Å². The van der Waals surface area contributed by atoms with Crippen molar-refractivity contribution in [2.75, 3.05) is 26.2 Å². The monoisotopic (exact) mass is 300 g/mol. The Bertz CT molecular complexity index is 434. The number of halogens is 2. The van der Waals surface area contributed by atoms with E-state index in [9.17, 15) is 9.18 Å². The summed E-state index contributed by atoms with van der Waals surface area (Å²) in [7, 11) is 0. The van der Waals surface area contributed by atoms with Crippen molar-refractivity contribution in [1.82, 2.24) is 10.2 Å². The first-order chi connectivity index (χ1) is 9.18. The highest BCUT2D eigenvalue weighted by Crippen LogP contribution is 2.15. The van der Waals surface area contributed by atoms with E-state index in [1.54, 1.807) is 12.1 Å². The highest BCUT2D eigenvalue weighted by atomic mass is 35.5. The van der Waals surface area contributed by atoms with Crippen LogP contribution in [0.15, 0.2) is 24.3 Å². The van der Waals surface area contributed by atoms with Crippen LogP contribution in [0, 0.1) is 11.7 Å². The van der Waals surface area contributed by atoms with Crippen LogP contribution in [-0.2, 0) is 11.2 Å². The summed E-state index contributed by atoms with van der Waals surface area (Å²) < 4.78 is 13.6. The Morgan fingerprint density at radius 1 is 1.35 bits per heavy atom. The van der Waals surface area contributed by atoms with E-state index in [4.69, 9.17) is 0 Å². The van der Waals surface area contributed by atoms with Crippen LogP contribution < -0.4 is 5.32 Å². The van der Waals surface area contributed by atoms with Gasteiger partial charge in [0.1, 0.15) is 5.82 Å². The van der Waals surface area contributed by atoms with Crippen molar-refractivity contribution >= 4 is 18.3 Å². The van der Waals surface area contributed by atoms with Gasteiger partial charge in [-0.25, -0.2) is 4.39 Å². The van der Waals surface area contributed by atoms with Gasteiger partial charge in [0.2, 0.25) is 5.91 Å². The van der Waals surface area contributed by atoms with Crippen molar-refractivity contribution in [3.8, 4) is 0 Å². The summed E-state index contributed by atoms with van der Waals surface area (Å²) in [6.07, 6.45) is 1.45. The maximum absolute atomic E-state index is 13.6. The van der Waals surface area contributed by atoms with Gasteiger partial charge in [-0.1, -0.05) is 25.1 Å². The van der Waals surface area contributed by atoms with Crippen LogP contribution in [0.25, 0.3) is 0 Å². The molecule has 0 radical (unpaired) electrons. The van der Waals surface area contributed by atoms with Gasteiger partial charge < -0.3 is 10.2 Å². The maximum Gasteiger partial charge on any atom is 0.225 e. The Kier molecular flexibility index (Phi) is 6.96. The lowest BCUT2D eigenvalue weighted by molar-refractivity contribution is -0.134. The second-order valence-corrected chi connectivity index (χ2v) is 5.13. The van der Waals surface area contributed by atoms with E-state index in [1.807, 2.05) is 17.9 Å². The summed E-state index contributed by atoms with van der Waals surface area (Å²) in [6.45, 7) is 5.24. The number of carbonyl (C=O) groups excluding carboxylic acids is 1. The van der Waals surface area contributed by atoms with E-state index in [0.717, 1.165) is 32.6 Å². The largest absolute Gasteiger partial charge is 0.341 e. The minimum Gasteiger partial charge on any atom is -0.341 e. The molecule has 0 spiro atoms. The summed E-state index contributed by atoms with van der Waals surface area (Å²) in [5, 5.41) is 3.28. The summed E-state index contributed by atoms with van der Waals surface area (Å²) in [5.74, 6) is -0.262. The molecule has 5 heteroatoms. The molecule has 1 amide bonds. The number of carbonyl (C=O) groups is 1.